The average molecular weight is 418 g/mol. The molecule has 0 unspecified atom stereocenters. The third kappa shape index (κ3) is 3.54. The van der Waals surface area contributed by atoms with Gasteiger partial charge in [-0.15, -0.1) is 0 Å². The Bertz CT molecular complexity index is 800. The standard InChI is InChI=1S/C22H30N2O6/c1-21(2)27-15-16(28-21)18-20(30-22(3,4)29-18)26-17(15)19(25)24-11-6-5-9-14(24)13-8-7-10-23-12-13/h7-8,10,12,14-18,20H,5-6,9,11H2,1-4H3/t14-,15-,16-,17+,18+,20+/m1/s1. The lowest BCUT2D eigenvalue weighted by atomic mass is 9.93. The molecule has 164 valence electrons. The number of carbonyl (C=O) groups excluding carboxylic acids is 1. The summed E-state index contributed by atoms with van der Waals surface area (Å²) in [6, 6.07) is 3.91. The van der Waals surface area contributed by atoms with E-state index in [-0.39, 0.29) is 11.9 Å². The van der Waals surface area contributed by atoms with Crippen LogP contribution in [0, 0.1) is 0 Å². The van der Waals surface area contributed by atoms with Gasteiger partial charge in [0.2, 0.25) is 0 Å². The van der Waals surface area contributed by atoms with Gasteiger partial charge in [-0.3, -0.25) is 9.78 Å². The highest BCUT2D eigenvalue weighted by atomic mass is 16.9. The average Bonchev–Trinajstić information content (AvgIpc) is 3.21. The highest BCUT2D eigenvalue weighted by Crippen LogP contribution is 2.45. The van der Waals surface area contributed by atoms with Gasteiger partial charge >= 0.3 is 0 Å². The molecule has 8 nitrogen and oxygen atoms in total. The topological polar surface area (TPSA) is 79.4 Å². The van der Waals surface area contributed by atoms with Crippen molar-refractivity contribution in [2.24, 2.45) is 0 Å². The molecule has 6 atom stereocenters. The highest BCUT2D eigenvalue weighted by Gasteiger charge is 2.62. The lowest BCUT2D eigenvalue weighted by Gasteiger charge is -2.42. The Morgan fingerprint density at radius 3 is 2.53 bits per heavy atom. The van der Waals surface area contributed by atoms with Crippen molar-refractivity contribution in [2.45, 2.75) is 95.3 Å². The molecule has 1 amide bonds. The third-order valence-electron chi connectivity index (χ3n) is 6.25. The van der Waals surface area contributed by atoms with Crippen molar-refractivity contribution in [3.05, 3.63) is 30.1 Å². The van der Waals surface area contributed by atoms with Crippen LogP contribution in [0.2, 0.25) is 0 Å². The summed E-state index contributed by atoms with van der Waals surface area (Å²) in [7, 11) is 0. The number of fused-ring (bicyclic) bond motifs is 3. The second kappa shape index (κ2) is 7.24. The molecular weight excluding hydrogens is 388 g/mol. The number of pyridine rings is 1. The molecular formula is C22H30N2O6. The van der Waals surface area contributed by atoms with Crippen molar-refractivity contribution in [3.8, 4) is 0 Å². The summed E-state index contributed by atoms with van der Waals surface area (Å²) >= 11 is 0. The van der Waals surface area contributed by atoms with Crippen molar-refractivity contribution < 1.29 is 28.5 Å². The minimum atomic E-state index is -0.827. The normalized spacial score (nSPS) is 39.4. The van der Waals surface area contributed by atoms with E-state index >= 15 is 0 Å². The highest BCUT2D eigenvalue weighted by molar-refractivity contribution is 5.82. The van der Waals surface area contributed by atoms with E-state index in [0.717, 1.165) is 24.8 Å². The van der Waals surface area contributed by atoms with Crippen molar-refractivity contribution in [3.63, 3.8) is 0 Å². The molecule has 8 heteroatoms. The Balaban J connectivity index is 1.44. The number of piperidine rings is 1. The first-order valence-electron chi connectivity index (χ1n) is 10.8. The van der Waals surface area contributed by atoms with Crippen LogP contribution >= 0.6 is 0 Å². The van der Waals surface area contributed by atoms with Gasteiger partial charge < -0.3 is 28.6 Å². The van der Waals surface area contributed by atoms with Crippen molar-refractivity contribution in [1.29, 1.82) is 0 Å². The molecule has 4 saturated heterocycles. The molecule has 1 aromatic rings. The Morgan fingerprint density at radius 1 is 1.03 bits per heavy atom. The van der Waals surface area contributed by atoms with E-state index in [1.807, 2.05) is 50.9 Å². The molecule has 0 N–H and O–H groups in total. The summed E-state index contributed by atoms with van der Waals surface area (Å²) in [5.41, 5.74) is 1.04. The van der Waals surface area contributed by atoms with Crippen molar-refractivity contribution in [2.75, 3.05) is 6.54 Å². The first-order valence-corrected chi connectivity index (χ1v) is 10.8. The molecule has 5 rings (SSSR count). The van der Waals surface area contributed by atoms with Crippen LogP contribution in [0.25, 0.3) is 0 Å². The Morgan fingerprint density at radius 2 is 1.77 bits per heavy atom. The van der Waals surface area contributed by atoms with Gasteiger partial charge in [0.15, 0.2) is 24.0 Å². The molecule has 0 saturated carbocycles. The number of likely N-dealkylation sites (tertiary alicyclic amines) is 1. The van der Waals surface area contributed by atoms with Gasteiger partial charge in [-0.2, -0.15) is 0 Å². The molecule has 0 bridgehead atoms. The molecule has 4 fully saturated rings. The van der Waals surface area contributed by atoms with Crippen LogP contribution < -0.4 is 0 Å². The lowest BCUT2D eigenvalue weighted by Crippen LogP contribution is -2.60. The number of carbonyl (C=O) groups is 1. The van der Waals surface area contributed by atoms with Crippen LogP contribution in [0.4, 0.5) is 0 Å². The summed E-state index contributed by atoms with van der Waals surface area (Å²) in [5.74, 6) is -1.73. The zero-order chi connectivity index (χ0) is 21.1. The predicted molar refractivity (Wildman–Crippen MR) is 105 cm³/mol. The summed E-state index contributed by atoms with van der Waals surface area (Å²) in [6.07, 6.45) is 3.62. The minimum absolute atomic E-state index is 0.0211. The number of nitrogens with zero attached hydrogens (tertiary/aromatic N) is 2. The molecule has 0 aliphatic carbocycles. The maximum absolute atomic E-state index is 13.8. The largest absolute Gasteiger partial charge is 0.342 e. The van der Waals surface area contributed by atoms with E-state index in [1.165, 1.54) is 0 Å². The number of rotatable bonds is 2. The van der Waals surface area contributed by atoms with Gasteiger partial charge in [0, 0.05) is 18.9 Å². The van der Waals surface area contributed by atoms with E-state index in [2.05, 4.69) is 4.98 Å². The van der Waals surface area contributed by atoms with Crippen LogP contribution in [-0.2, 0) is 28.5 Å². The SMILES string of the molecule is CC1(C)O[C@@H]2O[C@H](C(=O)N3CCCC[C@@H]3c3cccnc3)[C@@H]3OC(C)(C)O[C@H]3[C@@H]2O1. The lowest BCUT2D eigenvalue weighted by molar-refractivity contribution is -0.235. The van der Waals surface area contributed by atoms with E-state index in [9.17, 15) is 4.79 Å². The van der Waals surface area contributed by atoms with E-state index in [4.69, 9.17) is 23.7 Å². The smallest absolute Gasteiger partial charge is 0.255 e. The zero-order valence-electron chi connectivity index (χ0n) is 17.9. The zero-order valence-corrected chi connectivity index (χ0v) is 17.9. The fraction of sp³-hybridized carbons (Fsp3) is 0.727. The third-order valence-corrected chi connectivity index (χ3v) is 6.25. The predicted octanol–water partition coefficient (Wildman–Crippen LogP) is 2.53. The first-order chi connectivity index (χ1) is 14.2. The van der Waals surface area contributed by atoms with Gasteiger partial charge in [-0.1, -0.05) is 6.07 Å². The Labute approximate surface area is 176 Å². The fourth-order valence-corrected chi connectivity index (χ4v) is 5.09. The molecule has 5 heterocycles. The van der Waals surface area contributed by atoms with Gasteiger partial charge in [-0.25, -0.2) is 0 Å². The Kier molecular flexibility index (Phi) is 4.91. The van der Waals surface area contributed by atoms with Gasteiger partial charge in [0.1, 0.15) is 18.3 Å². The molecule has 0 radical (unpaired) electrons. The van der Waals surface area contributed by atoms with E-state index < -0.39 is 42.3 Å². The molecule has 30 heavy (non-hydrogen) atoms. The molecule has 4 aliphatic rings. The minimum Gasteiger partial charge on any atom is -0.342 e. The van der Waals surface area contributed by atoms with Crippen molar-refractivity contribution in [1.82, 2.24) is 9.88 Å². The maximum atomic E-state index is 13.8. The van der Waals surface area contributed by atoms with Crippen LogP contribution in [0.15, 0.2) is 24.5 Å². The molecule has 0 aromatic carbocycles. The summed E-state index contributed by atoms with van der Waals surface area (Å²) in [5, 5.41) is 0. The number of hydrogen-bond donors (Lipinski definition) is 0. The van der Waals surface area contributed by atoms with E-state index in [1.54, 1.807) is 6.20 Å². The van der Waals surface area contributed by atoms with Crippen LogP contribution in [0.1, 0.15) is 58.6 Å². The van der Waals surface area contributed by atoms with Crippen LogP contribution in [0.5, 0.6) is 0 Å². The van der Waals surface area contributed by atoms with Gasteiger partial charge in [-0.05, 0) is 58.6 Å². The maximum Gasteiger partial charge on any atom is 0.255 e. The second-order valence-corrected chi connectivity index (χ2v) is 9.42. The Hall–Kier alpha value is -1.58. The van der Waals surface area contributed by atoms with Gasteiger partial charge in [0.25, 0.3) is 5.91 Å². The summed E-state index contributed by atoms with van der Waals surface area (Å²) in [6.45, 7) is 8.05. The number of aromatic nitrogens is 1. The number of amides is 1. The number of ether oxygens (including phenoxy) is 5. The first kappa shape index (κ1) is 20.3. The summed E-state index contributed by atoms with van der Waals surface area (Å²) < 4.78 is 30.5. The van der Waals surface area contributed by atoms with Crippen molar-refractivity contribution >= 4 is 5.91 Å². The van der Waals surface area contributed by atoms with Crippen LogP contribution in [-0.4, -0.2) is 64.6 Å². The summed E-state index contributed by atoms with van der Waals surface area (Å²) in [4.78, 5) is 20.0. The van der Waals surface area contributed by atoms with Gasteiger partial charge in [0.05, 0.1) is 6.04 Å². The molecule has 1 aromatic heterocycles. The fourth-order valence-electron chi connectivity index (χ4n) is 5.09. The second-order valence-electron chi connectivity index (χ2n) is 9.42. The van der Waals surface area contributed by atoms with E-state index in [0.29, 0.717) is 6.54 Å². The molecule has 0 spiro atoms. The monoisotopic (exact) mass is 418 g/mol. The number of hydrogen-bond acceptors (Lipinski definition) is 7. The van der Waals surface area contributed by atoms with Crippen LogP contribution in [0.3, 0.4) is 0 Å². The quantitative estimate of drug-likeness (QED) is 0.730. The molecule has 4 aliphatic heterocycles.